The lowest BCUT2D eigenvalue weighted by atomic mass is 9.94. The molecule has 1 rings (SSSR count). The summed E-state index contributed by atoms with van der Waals surface area (Å²) in [5.41, 5.74) is 5.90. The molecule has 2 atom stereocenters. The summed E-state index contributed by atoms with van der Waals surface area (Å²) in [4.78, 5) is 13.4. The van der Waals surface area contributed by atoms with E-state index in [9.17, 15) is 4.79 Å². The van der Waals surface area contributed by atoms with Crippen LogP contribution in [0.3, 0.4) is 0 Å². The Hall–Kier alpha value is -1.01. The van der Waals surface area contributed by atoms with E-state index in [0.29, 0.717) is 25.3 Å². The zero-order chi connectivity index (χ0) is 10.6. The highest BCUT2D eigenvalue weighted by molar-refractivity contribution is 5.76. The van der Waals surface area contributed by atoms with Gasteiger partial charge in [0.2, 0.25) is 5.91 Å². The molecule has 2 unspecified atom stereocenters. The second kappa shape index (κ2) is 5.02. The van der Waals surface area contributed by atoms with Crippen LogP contribution in [0, 0.1) is 18.3 Å². The van der Waals surface area contributed by atoms with Crippen LogP contribution in [0.1, 0.15) is 26.2 Å². The zero-order valence-electron chi connectivity index (χ0n) is 8.70. The molecule has 1 fully saturated rings. The van der Waals surface area contributed by atoms with Gasteiger partial charge in [0, 0.05) is 32.0 Å². The van der Waals surface area contributed by atoms with Gasteiger partial charge in [-0.05, 0) is 12.3 Å². The summed E-state index contributed by atoms with van der Waals surface area (Å²) in [6.07, 6.45) is 7.10. The van der Waals surface area contributed by atoms with E-state index in [-0.39, 0.29) is 11.9 Å². The molecule has 1 aliphatic heterocycles. The number of hydrogen-bond donors (Lipinski definition) is 1. The highest BCUT2D eigenvalue weighted by Gasteiger charge is 2.25. The van der Waals surface area contributed by atoms with E-state index in [1.54, 1.807) is 0 Å². The van der Waals surface area contributed by atoms with Gasteiger partial charge in [-0.1, -0.05) is 6.92 Å². The Morgan fingerprint density at radius 2 is 2.43 bits per heavy atom. The van der Waals surface area contributed by atoms with Crippen LogP contribution in [-0.4, -0.2) is 29.9 Å². The summed E-state index contributed by atoms with van der Waals surface area (Å²) in [6, 6.07) is 0.124. The van der Waals surface area contributed by atoms with Crippen LogP contribution < -0.4 is 5.73 Å². The van der Waals surface area contributed by atoms with Crippen LogP contribution in [-0.2, 0) is 4.79 Å². The third-order valence-electron chi connectivity index (χ3n) is 2.85. The third kappa shape index (κ3) is 2.74. The van der Waals surface area contributed by atoms with E-state index < -0.39 is 0 Å². The van der Waals surface area contributed by atoms with Gasteiger partial charge in [0.25, 0.3) is 0 Å². The number of terminal acetylenes is 1. The maximum atomic E-state index is 11.6. The molecular formula is C11H18N2O. The number of piperidine rings is 1. The zero-order valence-corrected chi connectivity index (χ0v) is 8.70. The van der Waals surface area contributed by atoms with Gasteiger partial charge in [0.1, 0.15) is 0 Å². The maximum absolute atomic E-state index is 11.6. The molecule has 1 aliphatic rings. The molecule has 14 heavy (non-hydrogen) atoms. The van der Waals surface area contributed by atoms with E-state index in [1.165, 1.54) is 0 Å². The minimum Gasteiger partial charge on any atom is -0.341 e. The molecule has 2 N–H and O–H groups in total. The molecule has 3 nitrogen and oxygen atoms in total. The van der Waals surface area contributed by atoms with Gasteiger partial charge in [-0.25, -0.2) is 0 Å². The first-order valence-electron chi connectivity index (χ1n) is 5.12. The van der Waals surface area contributed by atoms with Gasteiger partial charge in [-0.15, -0.1) is 12.3 Å². The molecule has 1 amide bonds. The molecule has 0 aromatic rings. The number of likely N-dealkylation sites (tertiary alicyclic amines) is 1. The lowest BCUT2D eigenvalue weighted by Crippen LogP contribution is -2.49. The first-order valence-corrected chi connectivity index (χ1v) is 5.12. The average molecular weight is 194 g/mol. The van der Waals surface area contributed by atoms with Crippen LogP contribution in [0.2, 0.25) is 0 Å². The fourth-order valence-electron chi connectivity index (χ4n) is 1.66. The highest BCUT2D eigenvalue weighted by atomic mass is 16.2. The van der Waals surface area contributed by atoms with Crippen LogP contribution in [0.15, 0.2) is 0 Å². The predicted molar refractivity (Wildman–Crippen MR) is 56.4 cm³/mol. The predicted octanol–water partition coefficient (Wildman–Crippen LogP) is 0.596. The fourth-order valence-corrected chi connectivity index (χ4v) is 1.66. The molecule has 0 aromatic carbocycles. The number of nitrogens with two attached hydrogens (primary N) is 1. The van der Waals surface area contributed by atoms with Crippen molar-refractivity contribution >= 4 is 5.91 Å². The quantitative estimate of drug-likeness (QED) is 0.654. The Morgan fingerprint density at radius 1 is 1.71 bits per heavy atom. The van der Waals surface area contributed by atoms with Crippen molar-refractivity contribution in [1.29, 1.82) is 0 Å². The first-order chi connectivity index (χ1) is 6.65. The Balaban J connectivity index is 2.39. The summed E-state index contributed by atoms with van der Waals surface area (Å²) < 4.78 is 0. The van der Waals surface area contributed by atoms with E-state index >= 15 is 0 Å². The number of carbonyl (C=O) groups excluding carboxylic acids is 1. The summed E-state index contributed by atoms with van der Waals surface area (Å²) in [7, 11) is 0. The minimum absolute atomic E-state index is 0.124. The standard InChI is InChI=1S/C11H18N2O/c1-3-4-5-11(14)13-7-6-9(2)10(12)8-13/h1,9-10H,4-8,12H2,2H3. The van der Waals surface area contributed by atoms with Crippen LogP contribution >= 0.6 is 0 Å². The summed E-state index contributed by atoms with van der Waals surface area (Å²) in [5, 5.41) is 0. The molecule has 0 spiro atoms. The van der Waals surface area contributed by atoms with Crippen molar-refractivity contribution in [3.63, 3.8) is 0 Å². The van der Waals surface area contributed by atoms with E-state index in [1.807, 2.05) is 4.90 Å². The van der Waals surface area contributed by atoms with Crippen LogP contribution in [0.4, 0.5) is 0 Å². The Bertz CT molecular complexity index is 244. The Morgan fingerprint density at radius 3 is 3.00 bits per heavy atom. The lowest BCUT2D eigenvalue weighted by molar-refractivity contribution is -0.132. The highest BCUT2D eigenvalue weighted by Crippen LogP contribution is 2.16. The lowest BCUT2D eigenvalue weighted by Gasteiger charge is -2.35. The SMILES string of the molecule is C#CCCC(=O)N1CCC(C)C(N)C1. The van der Waals surface area contributed by atoms with Crippen molar-refractivity contribution in [2.24, 2.45) is 11.7 Å². The molecule has 0 aromatic heterocycles. The van der Waals surface area contributed by atoms with E-state index in [4.69, 9.17) is 12.2 Å². The largest absolute Gasteiger partial charge is 0.341 e. The maximum Gasteiger partial charge on any atom is 0.223 e. The van der Waals surface area contributed by atoms with Crippen molar-refractivity contribution in [3.8, 4) is 12.3 Å². The van der Waals surface area contributed by atoms with Crippen LogP contribution in [0.5, 0.6) is 0 Å². The number of carbonyl (C=O) groups is 1. The van der Waals surface area contributed by atoms with Gasteiger partial charge < -0.3 is 10.6 Å². The van der Waals surface area contributed by atoms with Gasteiger partial charge in [-0.2, -0.15) is 0 Å². The minimum atomic E-state index is 0.124. The Kier molecular flexibility index (Phi) is 3.97. The molecule has 0 aliphatic carbocycles. The summed E-state index contributed by atoms with van der Waals surface area (Å²) in [5.74, 6) is 3.14. The Labute approximate surface area is 85.6 Å². The normalized spacial score (nSPS) is 27.1. The molecular weight excluding hydrogens is 176 g/mol. The van der Waals surface area contributed by atoms with Gasteiger partial charge in [0.05, 0.1) is 0 Å². The number of rotatable bonds is 2. The van der Waals surface area contributed by atoms with Crippen molar-refractivity contribution in [2.45, 2.75) is 32.2 Å². The number of hydrogen-bond acceptors (Lipinski definition) is 2. The second-order valence-corrected chi connectivity index (χ2v) is 3.97. The molecule has 78 valence electrons. The van der Waals surface area contributed by atoms with Crippen molar-refractivity contribution in [3.05, 3.63) is 0 Å². The third-order valence-corrected chi connectivity index (χ3v) is 2.85. The topological polar surface area (TPSA) is 46.3 Å². The molecule has 1 saturated heterocycles. The fraction of sp³-hybridized carbons (Fsp3) is 0.727. The molecule has 0 saturated carbocycles. The number of nitrogens with zero attached hydrogens (tertiary/aromatic N) is 1. The van der Waals surface area contributed by atoms with E-state index in [0.717, 1.165) is 13.0 Å². The summed E-state index contributed by atoms with van der Waals surface area (Å²) in [6.45, 7) is 3.65. The smallest absolute Gasteiger partial charge is 0.223 e. The van der Waals surface area contributed by atoms with Gasteiger partial charge in [-0.3, -0.25) is 4.79 Å². The monoisotopic (exact) mass is 194 g/mol. The second-order valence-electron chi connectivity index (χ2n) is 3.97. The van der Waals surface area contributed by atoms with Gasteiger partial charge in [0.15, 0.2) is 0 Å². The van der Waals surface area contributed by atoms with Crippen LogP contribution in [0.25, 0.3) is 0 Å². The van der Waals surface area contributed by atoms with Crippen molar-refractivity contribution in [1.82, 2.24) is 4.90 Å². The molecule has 3 heteroatoms. The molecule has 0 bridgehead atoms. The average Bonchev–Trinajstić information content (AvgIpc) is 2.18. The first kappa shape index (κ1) is 11.1. The van der Waals surface area contributed by atoms with E-state index in [2.05, 4.69) is 12.8 Å². The molecule has 1 heterocycles. The number of amides is 1. The van der Waals surface area contributed by atoms with Gasteiger partial charge >= 0.3 is 0 Å². The molecule has 0 radical (unpaired) electrons. The van der Waals surface area contributed by atoms with Crippen molar-refractivity contribution in [2.75, 3.05) is 13.1 Å². The van der Waals surface area contributed by atoms with Crippen molar-refractivity contribution < 1.29 is 4.79 Å². The summed E-state index contributed by atoms with van der Waals surface area (Å²) >= 11 is 0.